The predicted molar refractivity (Wildman–Crippen MR) is 104 cm³/mol. The van der Waals surface area contributed by atoms with Gasteiger partial charge >= 0.3 is 6.09 Å². The highest BCUT2D eigenvalue weighted by molar-refractivity contribution is 6.02. The molecular weight excluding hydrogens is 342 g/mol. The number of amides is 2. The first kappa shape index (κ1) is 18.3. The molecule has 3 heterocycles. The summed E-state index contributed by atoms with van der Waals surface area (Å²) in [5.41, 5.74) is 3.47. The average molecular weight is 371 g/mol. The standard InChI is InChI=1S/C21H29N3O3/c1-15-4-5-16-13-19(25)24(18(16)12-15)17-6-9-23(10-7-17)21(2)8-11-22(14-21)20(26)27-3/h4-5,12,17H,6-11,13-14H2,1-3H3. The van der Waals surface area contributed by atoms with Gasteiger partial charge in [-0.1, -0.05) is 12.1 Å². The van der Waals surface area contributed by atoms with Gasteiger partial charge in [0.05, 0.1) is 13.5 Å². The van der Waals surface area contributed by atoms with E-state index in [0.29, 0.717) is 6.42 Å². The SMILES string of the molecule is COC(=O)N1CCC(C)(N2CCC(N3C(=O)Cc4ccc(C)cc43)CC2)C1. The van der Waals surface area contributed by atoms with Crippen molar-refractivity contribution in [2.45, 2.75) is 51.1 Å². The van der Waals surface area contributed by atoms with Crippen molar-refractivity contribution in [3.63, 3.8) is 0 Å². The molecule has 6 nitrogen and oxygen atoms in total. The van der Waals surface area contributed by atoms with E-state index < -0.39 is 0 Å². The minimum Gasteiger partial charge on any atom is -0.453 e. The zero-order valence-corrected chi connectivity index (χ0v) is 16.5. The van der Waals surface area contributed by atoms with Crippen molar-refractivity contribution in [1.82, 2.24) is 9.80 Å². The smallest absolute Gasteiger partial charge is 0.409 e. The van der Waals surface area contributed by atoms with Gasteiger partial charge in [0.25, 0.3) is 0 Å². The number of piperidine rings is 1. The van der Waals surface area contributed by atoms with Crippen LogP contribution in [-0.4, -0.2) is 66.7 Å². The largest absolute Gasteiger partial charge is 0.453 e. The van der Waals surface area contributed by atoms with E-state index in [1.54, 1.807) is 4.90 Å². The van der Waals surface area contributed by atoms with Gasteiger partial charge in [-0.15, -0.1) is 0 Å². The van der Waals surface area contributed by atoms with Gasteiger partial charge in [0.15, 0.2) is 0 Å². The van der Waals surface area contributed by atoms with Gasteiger partial charge in [-0.25, -0.2) is 4.79 Å². The Balaban J connectivity index is 1.42. The van der Waals surface area contributed by atoms with Gasteiger partial charge in [0, 0.05) is 43.4 Å². The number of fused-ring (bicyclic) bond motifs is 1. The number of hydrogen-bond donors (Lipinski definition) is 0. The van der Waals surface area contributed by atoms with Crippen molar-refractivity contribution >= 4 is 17.7 Å². The summed E-state index contributed by atoms with van der Waals surface area (Å²) in [4.78, 5) is 30.8. The molecule has 1 unspecified atom stereocenters. The maximum absolute atomic E-state index is 12.6. The summed E-state index contributed by atoms with van der Waals surface area (Å²) < 4.78 is 4.88. The molecule has 2 fully saturated rings. The van der Waals surface area contributed by atoms with Crippen molar-refractivity contribution in [2.24, 2.45) is 0 Å². The molecule has 146 valence electrons. The fourth-order valence-electron chi connectivity index (χ4n) is 4.98. The normalized spacial score (nSPS) is 26.6. The highest BCUT2D eigenvalue weighted by atomic mass is 16.5. The monoisotopic (exact) mass is 371 g/mol. The van der Waals surface area contributed by atoms with E-state index in [9.17, 15) is 9.59 Å². The molecular formula is C21H29N3O3. The van der Waals surface area contributed by atoms with Crippen molar-refractivity contribution < 1.29 is 14.3 Å². The number of carbonyl (C=O) groups excluding carboxylic acids is 2. The van der Waals surface area contributed by atoms with Crippen LogP contribution < -0.4 is 4.90 Å². The molecule has 0 bridgehead atoms. The number of carbonyl (C=O) groups is 2. The van der Waals surface area contributed by atoms with Gasteiger partial charge in [-0.05, 0) is 50.3 Å². The Kier molecular flexibility index (Phi) is 4.62. The number of hydrogen-bond acceptors (Lipinski definition) is 4. The van der Waals surface area contributed by atoms with Crippen LogP contribution in [0.2, 0.25) is 0 Å². The molecule has 1 atom stereocenters. The zero-order chi connectivity index (χ0) is 19.2. The van der Waals surface area contributed by atoms with Crippen LogP contribution in [0.25, 0.3) is 0 Å². The minimum atomic E-state index is -0.233. The first-order valence-electron chi connectivity index (χ1n) is 9.91. The molecule has 1 aromatic rings. The number of anilines is 1. The Morgan fingerprint density at radius 2 is 1.96 bits per heavy atom. The Bertz CT molecular complexity index is 757. The second kappa shape index (κ2) is 6.82. The number of rotatable bonds is 2. The van der Waals surface area contributed by atoms with Crippen molar-refractivity contribution in [1.29, 1.82) is 0 Å². The fraction of sp³-hybridized carbons (Fsp3) is 0.619. The molecule has 6 heteroatoms. The molecule has 1 aromatic carbocycles. The first-order chi connectivity index (χ1) is 12.9. The van der Waals surface area contributed by atoms with E-state index in [0.717, 1.165) is 56.7 Å². The summed E-state index contributed by atoms with van der Waals surface area (Å²) in [5, 5.41) is 0. The van der Waals surface area contributed by atoms with Gasteiger partial charge in [0.2, 0.25) is 5.91 Å². The third-order valence-electron chi connectivity index (χ3n) is 6.59. The molecule has 0 aromatic heterocycles. The van der Waals surface area contributed by atoms with Crippen LogP contribution in [0.1, 0.15) is 37.3 Å². The zero-order valence-electron chi connectivity index (χ0n) is 16.5. The Labute approximate surface area is 161 Å². The third kappa shape index (κ3) is 3.20. The molecule has 4 rings (SSSR count). The molecule has 27 heavy (non-hydrogen) atoms. The lowest BCUT2D eigenvalue weighted by Gasteiger charge is -2.44. The van der Waals surface area contributed by atoms with Crippen molar-refractivity contribution in [3.8, 4) is 0 Å². The van der Waals surface area contributed by atoms with Crippen LogP contribution in [0.3, 0.4) is 0 Å². The second-order valence-corrected chi connectivity index (χ2v) is 8.43. The summed E-state index contributed by atoms with van der Waals surface area (Å²) in [6, 6.07) is 6.61. The van der Waals surface area contributed by atoms with Gasteiger partial charge in [0.1, 0.15) is 0 Å². The summed E-state index contributed by atoms with van der Waals surface area (Å²) in [5.74, 6) is 0.234. The molecule has 2 amide bonds. The Hall–Kier alpha value is -2.08. The maximum atomic E-state index is 12.6. The summed E-state index contributed by atoms with van der Waals surface area (Å²) in [6.07, 6.45) is 3.22. The summed E-state index contributed by atoms with van der Waals surface area (Å²) >= 11 is 0. The Morgan fingerprint density at radius 3 is 2.67 bits per heavy atom. The lowest BCUT2D eigenvalue weighted by Crippen LogP contribution is -2.55. The van der Waals surface area contributed by atoms with Crippen LogP contribution in [0.15, 0.2) is 18.2 Å². The third-order valence-corrected chi connectivity index (χ3v) is 6.59. The quantitative estimate of drug-likeness (QED) is 0.802. The van der Waals surface area contributed by atoms with Gasteiger partial charge < -0.3 is 14.5 Å². The Morgan fingerprint density at radius 1 is 1.22 bits per heavy atom. The minimum absolute atomic E-state index is 0.00265. The summed E-state index contributed by atoms with van der Waals surface area (Å²) in [6.45, 7) is 7.71. The van der Waals surface area contributed by atoms with E-state index in [4.69, 9.17) is 4.74 Å². The number of ether oxygens (including phenoxy) is 1. The molecule has 3 aliphatic heterocycles. The predicted octanol–water partition coefficient (Wildman–Crippen LogP) is 2.58. The van der Waals surface area contributed by atoms with Crippen LogP contribution in [-0.2, 0) is 16.0 Å². The van der Waals surface area contributed by atoms with Gasteiger partial charge in [-0.3, -0.25) is 9.69 Å². The molecule has 0 saturated carbocycles. The molecule has 0 aliphatic carbocycles. The van der Waals surface area contributed by atoms with Crippen molar-refractivity contribution in [2.75, 3.05) is 38.2 Å². The van der Waals surface area contributed by atoms with E-state index in [1.807, 2.05) is 0 Å². The average Bonchev–Trinajstić information content (AvgIpc) is 3.21. The van der Waals surface area contributed by atoms with Crippen molar-refractivity contribution in [3.05, 3.63) is 29.3 Å². The molecule has 0 N–H and O–H groups in total. The van der Waals surface area contributed by atoms with Crippen LogP contribution in [0, 0.1) is 6.92 Å². The maximum Gasteiger partial charge on any atom is 0.409 e. The van der Waals surface area contributed by atoms with Crippen LogP contribution >= 0.6 is 0 Å². The number of benzene rings is 1. The van der Waals surface area contributed by atoms with E-state index in [2.05, 4.69) is 41.8 Å². The highest BCUT2D eigenvalue weighted by Crippen LogP contribution is 2.36. The lowest BCUT2D eigenvalue weighted by molar-refractivity contribution is -0.118. The molecule has 0 radical (unpaired) electrons. The molecule has 2 saturated heterocycles. The lowest BCUT2D eigenvalue weighted by atomic mass is 9.93. The fourth-order valence-corrected chi connectivity index (χ4v) is 4.98. The number of nitrogens with zero attached hydrogens (tertiary/aromatic N) is 3. The molecule has 3 aliphatic rings. The highest BCUT2D eigenvalue weighted by Gasteiger charge is 2.43. The van der Waals surface area contributed by atoms with Gasteiger partial charge in [-0.2, -0.15) is 0 Å². The molecule has 0 spiro atoms. The number of aryl methyl sites for hydroxylation is 1. The van der Waals surface area contributed by atoms with E-state index >= 15 is 0 Å². The topological polar surface area (TPSA) is 53.1 Å². The van der Waals surface area contributed by atoms with Crippen LogP contribution in [0.5, 0.6) is 0 Å². The second-order valence-electron chi connectivity index (χ2n) is 8.43. The van der Waals surface area contributed by atoms with E-state index in [-0.39, 0.29) is 23.6 Å². The van der Waals surface area contributed by atoms with Crippen LogP contribution in [0.4, 0.5) is 10.5 Å². The number of methoxy groups -OCH3 is 1. The summed E-state index contributed by atoms with van der Waals surface area (Å²) in [7, 11) is 1.44. The number of likely N-dealkylation sites (tertiary alicyclic amines) is 2. The first-order valence-corrected chi connectivity index (χ1v) is 9.91. The van der Waals surface area contributed by atoms with E-state index in [1.165, 1.54) is 12.7 Å².